The van der Waals surface area contributed by atoms with Crippen molar-refractivity contribution >= 4 is 5.97 Å². The van der Waals surface area contributed by atoms with E-state index in [-0.39, 0.29) is 6.54 Å². The molecule has 0 saturated heterocycles. The lowest BCUT2D eigenvalue weighted by Gasteiger charge is -2.22. The molecule has 0 saturated carbocycles. The number of carbonyl (C=O) groups is 1. The summed E-state index contributed by atoms with van der Waals surface area (Å²) in [6.07, 6.45) is 6.83. The summed E-state index contributed by atoms with van der Waals surface area (Å²) in [6.45, 7) is 5.71. The highest BCUT2D eigenvalue weighted by Crippen LogP contribution is 2.08. The van der Waals surface area contributed by atoms with E-state index in [2.05, 4.69) is 6.92 Å². The van der Waals surface area contributed by atoms with Crippen LogP contribution in [0, 0.1) is 0 Å². The van der Waals surface area contributed by atoms with Gasteiger partial charge in [0.15, 0.2) is 0 Å². The van der Waals surface area contributed by atoms with E-state index in [0.717, 1.165) is 19.4 Å². The van der Waals surface area contributed by atoms with Crippen molar-refractivity contribution in [2.24, 2.45) is 5.73 Å². The third-order valence-corrected chi connectivity index (χ3v) is 3.31. The average molecular weight is 286 g/mol. The third-order valence-electron chi connectivity index (χ3n) is 3.31. The summed E-state index contributed by atoms with van der Waals surface area (Å²) >= 11 is 0. The van der Waals surface area contributed by atoms with Gasteiger partial charge in [0.2, 0.25) is 0 Å². The first-order chi connectivity index (χ1) is 9.54. The number of aliphatic hydroxyl groups is 1. The van der Waals surface area contributed by atoms with Crippen LogP contribution in [0.5, 0.6) is 0 Å². The second-order valence-corrected chi connectivity index (χ2v) is 5.09. The Labute approximate surface area is 122 Å². The second kappa shape index (κ2) is 11.7. The zero-order chi connectivity index (χ0) is 15.4. The standard InChI is InChI=1S/C15H30N2O3/c1-3-5-6-7-9-17(10-8-14(18)11-16)12-13(4-2)15(19)20/h12,14,18H,3-11,16H2,1-2H3,(H,19,20). The number of aliphatic hydroxyl groups excluding tert-OH is 1. The number of unbranched alkanes of at least 4 members (excludes halogenated alkanes) is 3. The van der Waals surface area contributed by atoms with E-state index in [4.69, 9.17) is 10.8 Å². The molecule has 5 nitrogen and oxygen atoms in total. The quantitative estimate of drug-likeness (QED) is 0.377. The molecule has 0 rings (SSSR count). The summed E-state index contributed by atoms with van der Waals surface area (Å²) in [5.74, 6) is -0.870. The van der Waals surface area contributed by atoms with Gasteiger partial charge in [0.05, 0.1) is 11.7 Å². The molecule has 0 heterocycles. The Morgan fingerprint density at radius 1 is 1.25 bits per heavy atom. The van der Waals surface area contributed by atoms with Crippen LogP contribution < -0.4 is 5.73 Å². The molecule has 0 aliphatic rings. The van der Waals surface area contributed by atoms with Crippen molar-refractivity contribution in [1.29, 1.82) is 0 Å². The smallest absolute Gasteiger partial charge is 0.333 e. The van der Waals surface area contributed by atoms with Crippen molar-refractivity contribution in [2.45, 2.75) is 58.5 Å². The predicted octanol–water partition coefficient (Wildman–Crippen LogP) is 1.96. The predicted molar refractivity (Wildman–Crippen MR) is 81.4 cm³/mol. The lowest BCUT2D eigenvalue weighted by molar-refractivity contribution is -0.132. The van der Waals surface area contributed by atoms with Gasteiger partial charge in [-0.2, -0.15) is 0 Å². The minimum atomic E-state index is -0.870. The van der Waals surface area contributed by atoms with Crippen molar-refractivity contribution in [2.75, 3.05) is 19.6 Å². The van der Waals surface area contributed by atoms with E-state index in [1.54, 1.807) is 6.20 Å². The van der Waals surface area contributed by atoms with Gasteiger partial charge in [0.25, 0.3) is 0 Å². The van der Waals surface area contributed by atoms with Crippen molar-refractivity contribution in [3.8, 4) is 0 Å². The molecule has 0 radical (unpaired) electrons. The van der Waals surface area contributed by atoms with Gasteiger partial charge in [0, 0.05) is 25.8 Å². The van der Waals surface area contributed by atoms with Crippen LogP contribution >= 0.6 is 0 Å². The number of hydrogen-bond donors (Lipinski definition) is 3. The third kappa shape index (κ3) is 8.93. The molecule has 0 aromatic heterocycles. The highest BCUT2D eigenvalue weighted by Gasteiger charge is 2.09. The summed E-state index contributed by atoms with van der Waals surface area (Å²) < 4.78 is 0. The summed E-state index contributed by atoms with van der Waals surface area (Å²) in [7, 11) is 0. The van der Waals surface area contributed by atoms with Crippen molar-refractivity contribution in [1.82, 2.24) is 4.90 Å². The lowest BCUT2D eigenvalue weighted by atomic mass is 10.1. The van der Waals surface area contributed by atoms with E-state index >= 15 is 0 Å². The second-order valence-electron chi connectivity index (χ2n) is 5.09. The zero-order valence-corrected chi connectivity index (χ0v) is 12.8. The molecule has 0 amide bonds. The molecule has 4 N–H and O–H groups in total. The lowest BCUT2D eigenvalue weighted by Crippen LogP contribution is -2.28. The maximum Gasteiger partial charge on any atom is 0.333 e. The van der Waals surface area contributed by atoms with Gasteiger partial charge in [0.1, 0.15) is 0 Å². The Morgan fingerprint density at radius 2 is 1.95 bits per heavy atom. The van der Waals surface area contributed by atoms with E-state index in [9.17, 15) is 9.90 Å². The Morgan fingerprint density at radius 3 is 2.45 bits per heavy atom. The fourth-order valence-corrected chi connectivity index (χ4v) is 1.93. The van der Waals surface area contributed by atoms with Crippen LogP contribution in [0.1, 0.15) is 52.4 Å². The van der Waals surface area contributed by atoms with Gasteiger partial charge in [-0.05, 0) is 19.3 Å². The van der Waals surface area contributed by atoms with Crippen molar-refractivity contribution in [3.05, 3.63) is 11.8 Å². The van der Waals surface area contributed by atoms with Crippen LogP contribution in [0.2, 0.25) is 0 Å². The largest absolute Gasteiger partial charge is 0.478 e. The Kier molecular flexibility index (Phi) is 11.1. The molecule has 1 atom stereocenters. The number of hydrogen-bond acceptors (Lipinski definition) is 4. The number of nitrogens with zero attached hydrogens (tertiary/aromatic N) is 1. The fraction of sp³-hybridized carbons (Fsp3) is 0.800. The van der Waals surface area contributed by atoms with Crippen LogP contribution in [0.3, 0.4) is 0 Å². The topological polar surface area (TPSA) is 86.8 Å². The molecular weight excluding hydrogens is 256 g/mol. The van der Waals surface area contributed by atoms with E-state index in [1.165, 1.54) is 12.8 Å². The molecule has 118 valence electrons. The summed E-state index contributed by atoms with van der Waals surface area (Å²) in [6, 6.07) is 0. The maximum atomic E-state index is 11.1. The van der Waals surface area contributed by atoms with Crippen molar-refractivity contribution < 1.29 is 15.0 Å². The number of rotatable bonds is 12. The van der Waals surface area contributed by atoms with Crippen LogP contribution in [0.4, 0.5) is 0 Å². The van der Waals surface area contributed by atoms with Crippen LogP contribution in [-0.4, -0.2) is 46.8 Å². The number of carboxylic acid groups (broad SMARTS) is 1. The molecule has 0 aromatic carbocycles. The fourth-order valence-electron chi connectivity index (χ4n) is 1.93. The number of nitrogens with two attached hydrogens (primary N) is 1. The molecule has 0 aromatic rings. The van der Waals surface area contributed by atoms with Gasteiger partial charge < -0.3 is 20.8 Å². The molecule has 5 heteroatoms. The number of aliphatic carboxylic acids is 1. The normalized spacial score (nSPS) is 13.3. The molecule has 0 spiro atoms. The molecule has 0 bridgehead atoms. The molecule has 0 aliphatic carbocycles. The van der Waals surface area contributed by atoms with Crippen LogP contribution in [0.15, 0.2) is 11.8 Å². The molecular formula is C15H30N2O3. The Balaban J connectivity index is 4.47. The average Bonchev–Trinajstić information content (AvgIpc) is 2.44. The molecule has 0 aliphatic heterocycles. The van der Waals surface area contributed by atoms with Gasteiger partial charge >= 0.3 is 5.97 Å². The number of carboxylic acids is 1. The highest BCUT2D eigenvalue weighted by molar-refractivity contribution is 5.86. The monoisotopic (exact) mass is 286 g/mol. The highest BCUT2D eigenvalue weighted by atomic mass is 16.4. The zero-order valence-electron chi connectivity index (χ0n) is 12.8. The first-order valence-electron chi connectivity index (χ1n) is 7.61. The maximum absolute atomic E-state index is 11.1. The molecule has 1 unspecified atom stereocenters. The Bertz CT molecular complexity index is 293. The summed E-state index contributed by atoms with van der Waals surface area (Å²) in [5, 5.41) is 18.6. The van der Waals surface area contributed by atoms with Crippen LogP contribution in [0.25, 0.3) is 0 Å². The van der Waals surface area contributed by atoms with Gasteiger partial charge in [-0.1, -0.05) is 33.1 Å². The van der Waals surface area contributed by atoms with Crippen molar-refractivity contribution in [3.63, 3.8) is 0 Å². The first-order valence-corrected chi connectivity index (χ1v) is 7.61. The molecule has 20 heavy (non-hydrogen) atoms. The van der Waals surface area contributed by atoms with Crippen LogP contribution in [-0.2, 0) is 4.79 Å². The SMILES string of the molecule is CCCCCCN(C=C(CC)C(=O)O)CCC(O)CN. The first kappa shape index (κ1) is 18.9. The Hall–Kier alpha value is -1.07. The van der Waals surface area contributed by atoms with E-state index < -0.39 is 12.1 Å². The minimum absolute atomic E-state index is 0.243. The van der Waals surface area contributed by atoms with E-state index in [0.29, 0.717) is 25.0 Å². The van der Waals surface area contributed by atoms with Gasteiger partial charge in [-0.25, -0.2) is 4.79 Å². The molecule has 0 fully saturated rings. The van der Waals surface area contributed by atoms with Gasteiger partial charge in [-0.3, -0.25) is 0 Å². The minimum Gasteiger partial charge on any atom is -0.478 e. The summed E-state index contributed by atoms with van der Waals surface area (Å²) in [5.41, 5.74) is 5.80. The van der Waals surface area contributed by atoms with E-state index in [1.807, 2.05) is 11.8 Å². The van der Waals surface area contributed by atoms with Gasteiger partial charge in [-0.15, -0.1) is 0 Å². The summed E-state index contributed by atoms with van der Waals surface area (Å²) in [4.78, 5) is 13.1.